The molecule has 5 nitrogen and oxygen atoms in total. The van der Waals surface area contributed by atoms with Crippen molar-refractivity contribution in [1.82, 2.24) is 9.97 Å². The highest BCUT2D eigenvalue weighted by Gasteiger charge is 2.42. The first-order chi connectivity index (χ1) is 8.71. The molecule has 1 aliphatic carbocycles. The monoisotopic (exact) mass is 268 g/mol. The van der Waals surface area contributed by atoms with E-state index < -0.39 is 0 Å². The van der Waals surface area contributed by atoms with Gasteiger partial charge < -0.3 is 15.7 Å². The van der Waals surface area contributed by atoms with Gasteiger partial charge in [-0.25, -0.2) is 9.97 Å². The molecule has 1 aromatic heterocycles. The molecule has 0 radical (unpaired) electrons. The van der Waals surface area contributed by atoms with E-state index in [4.69, 9.17) is 0 Å². The fraction of sp³-hybridized carbons (Fsp3) is 0.667. The lowest BCUT2D eigenvalue weighted by Crippen LogP contribution is -2.26. The molecular weight excluding hydrogens is 248 g/mol. The summed E-state index contributed by atoms with van der Waals surface area (Å²) in [5.74, 6) is 1.63. The molecule has 0 saturated heterocycles. The van der Waals surface area contributed by atoms with Crippen molar-refractivity contribution in [3.8, 4) is 0 Å². The summed E-state index contributed by atoms with van der Waals surface area (Å²) in [5.41, 5.74) is -0.147. The summed E-state index contributed by atoms with van der Waals surface area (Å²) in [6, 6.07) is 1.91. The zero-order chi connectivity index (χ0) is 13.0. The van der Waals surface area contributed by atoms with E-state index >= 15 is 0 Å². The van der Waals surface area contributed by atoms with Crippen molar-refractivity contribution in [3.63, 3.8) is 0 Å². The molecule has 0 bridgehead atoms. The number of aromatic nitrogens is 2. The third-order valence-corrected chi connectivity index (χ3v) is 3.54. The number of nitrogens with zero attached hydrogens (tertiary/aromatic N) is 2. The second kappa shape index (κ2) is 5.75. The summed E-state index contributed by atoms with van der Waals surface area (Å²) in [6.07, 6.45) is 5.02. The van der Waals surface area contributed by atoms with E-state index in [9.17, 15) is 5.11 Å². The molecule has 1 heterocycles. The molecule has 1 aliphatic rings. The van der Waals surface area contributed by atoms with Crippen molar-refractivity contribution in [2.45, 2.75) is 36.9 Å². The smallest absolute Gasteiger partial charge is 0.191 e. The number of hydrogen-bond donors (Lipinski definition) is 3. The van der Waals surface area contributed by atoms with E-state index in [0.29, 0.717) is 0 Å². The molecule has 18 heavy (non-hydrogen) atoms. The molecule has 0 atom stereocenters. The average Bonchev–Trinajstić information content (AvgIpc) is 3.16. The lowest BCUT2D eigenvalue weighted by molar-refractivity contribution is 0.266. The third-order valence-electron chi connectivity index (χ3n) is 2.99. The van der Waals surface area contributed by atoms with Crippen LogP contribution in [0, 0.1) is 0 Å². The first-order valence-electron chi connectivity index (χ1n) is 6.27. The van der Waals surface area contributed by atoms with E-state index in [-0.39, 0.29) is 12.1 Å². The van der Waals surface area contributed by atoms with Crippen LogP contribution < -0.4 is 10.6 Å². The molecule has 1 saturated carbocycles. The van der Waals surface area contributed by atoms with Gasteiger partial charge in [-0.2, -0.15) is 0 Å². The molecule has 2 rings (SSSR count). The second-order valence-corrected chi connectivity index (χ2v) is 5.39. The fourth-order valence-electron chi connectivity index (χ4n) is 1.67. The minimum atomic E-state index is -0.147. The van der Waals surface area contributed by atoms with Crippen LogP contribution in [0.3, 0.4) is 0 Å². The van der Waals surface area contributed by atoms with Gasteiger partial charge in [0.05, 0.1) is 12.1 Å². The Morgan fingerprint density at radius 2 is 2.11 bits per heavy atom. The van der Waals surface area contributed by atoms with Gasteiger partial charge in [0.15, 0.2) is 5.16 Å². The van der Waals surface area contributed by atoms with Gasteiger partial charge >= 0.3 is 0 Å². The maximum absolute atomic E-state index is 9.33. The minimum Gasteiger partial charge on any atom is -0.394 e. The Morgan fingerprint density at radius 3 is 2.67 bits per heavy atom. The van der Waals surface area contributed by atoms with Crippen molar-refractivity contribution >= 4 is 23.4 Å². The van der Waals surface area contributed by atoms with Crippen LogP contribution in [0.2, 0.25) is 0 Å². The van der Waals surface area contributed by atoms with Gasteiger partial charge in [-0.15, -0.1) is 0 Å². The van der Waals surface area contributed by atoms with E-state index in [1.807, 2.05) is 12.3 Å². The largest absolute Gasteiger partial charge is 0.394 e. The minimum absolute atomic E-state index is 0.147. The fourth-order valence-corrected chi connectivity index (χ4v) is 2.05. The van der Waals surface area contributed by atoms with Crippen molar-refractivity contribution in [2.24, 2.45) is 0 Å². The van der Waals surface area contributed by atoms with Gasteiger partial charge in [-0.1, -0.05) is 18.7 Å². The van der Waals surface area contributed by atoms with Gasteiger partial charge in [0.2, 0.25) is 0 Å². The topological polar surface area (TPSA) is 70.1 Å². The Labute approximate surface area is 112 Å². The maximum Gasteiger partial charge on any atom is 0.191 e. The summed E-state index contributed by atoms with van der Waals surface area (Å²) in [5, 5.41) is 16.7. The number of hydrogen-bond acceptors (Lipinski definition) is 6. The number of aliphatic hydroxyl groups is 1. The van der Waals surface area contributed by atoms with E-state index in [2.05, 4.69) is 27.5 Å². The molecule has 0 aliphatic heterocycles. The summed E-state index contributed by atoms with van der Waals surface area (Å²) >= 11 is 1.52. The zero-order valence-electron chi connectivity index (χ0n) is 10.9. The number of nitrogens with one attached hydrogen (secondary N) is 2. The molecule has 0 unspecified atom stereocenters. The van der Waals surface area contributed by atoms with Gasteiger partial charge in [0, 0.05) is 12.6 Å². The maximum atomic E-state index is 9.33. The Balaban J connectivity index is 2.12. The van der Waals surface area contributed by atoms with Crippen LogP contribution >= 0.6 is 11.8 Å². The van der Waals surface area contributed by atoms with E-state index in [1.165, 1.54) is 11.8 Å². The molecule has 0 aromatic carbocycles. The molecule has 0 spiro atoms. The highest BCUT2D eigenvalue weighted by Crippen LogP contribution is 2.38. The predicted molar refractivity (Wildman–Crippen MR) is 75.3 cm³/mol. The third kappa shape index (κ3) is 3.26. The standard InChI is InChI=1S/C12H20N4OS/c1-3-6-13-9-7-10(15-11(14-9)18-2)16-12(8-17)4-5-12/h7,17H,3-6,8H2,1-2H3,(H2,13,14,15,16). The van der Waals surface area contributed by atoms with Crippen molar-refractivity contribution in [2.75, 3.05) is 30.0 Å². The highest BCUT2D eigenvalue weighted by atomic mass is 32.2. The Bertz CT molecular complexity index is 409. The molecule has 100 valence electrons. The molecule has 0 amide bonds. The first-order valence-corrected chi connectivity index (χ1v) is 7.50. The number of anilines is 2. The molecule has 6 heteroatoms. The normalized spacial score (nSPS) is 16.4. The van der Waals surface area contributed by atoms with Crippen LogP contribution in [0.1, 0.15) is 26.2 Å². The molecular formula is C12H20N4OS. The summed E-state index contributed by atoms with van der Waals surface area (Å²) in [4.78, 5) is 8.83. The molecule has 1 fully saturated rings. The SMILES string of the molecule is CCCNc1cc(NC2(CO)CC2)nc(SC)n1. The number of thioether (sulfide) groups is 1. The Kier molecular flexibility index (Phi) is 4.29. The van der Waals surface area contributed by atoms with E-state index in [1.54, 1.807) is 0 Å². The van der Waals surface area contributed by atoms with Gasteiger partial charge in [0.1, 0.15) is 11.6 Å². The van der Waals surface area contributed by atoms with Gasteiger partial charge in [-0.05, 0) is 25.5 Å². The Hall–Kier alpha value is -1.01. The highest BCUT2D eigenvalue weighted by molar-refractivity contribution is 7.98. The zero-order valence-corrected chi connectivity index (χ0v) is 11.7. The average molecular weight is 268 g/mol. The van der Waals surface area contributed by atoms with Gasteiger partial charge in [0.25, 0.3) is 0 Å². The summed E-state index contributed by atoms with van der Waals surface area (Å²) < 4.78 is 0. The van der Waals surface area contributed by atoms with Crippen molar-refractivity contribution < 1.29 is 5.11 Å². The van der Waals surface area contributed by atoms with Gasteiger partial charge in [-0.3, -0.25) is 0 Å². The lowest BCUT2D eigenvalue weighted by atomic mass is 10.3. The van der Waals surface area contributed by atoms with Crippen molar-refractivity contribution in [1.29, 1.82) is 0 Å². The van der Waals surface area contributed by atoms with Crippen LogP contribution in [0.15, 0.2) is 11.2 Å². The van der Waals surface area contributed by atoms with Crippen LogP contribution in [0.4, 0.5) is 11.6 Å². The summed E-state index contributed by atoms with van der Waals surface area (Å²) in [6.45, 7) is 3.17. The lowest BCUT2D eigenvalue weighted by Gasteiger charge is -2.16. The molecule has 3 N–H and O–H groups in total. The number of aliphatic hydroxyl groups excluding tert-OH is 1. The molecule has 1 aromatic rings. The number of rotatable bonds is 7. The van der Waals surface area contributed by atoms with E-state index in [0.717, 1.165) is 42.6 Å². The first kappa shape index (κ1) is 13.4. The summed E-state index contributed by atoms with van der Waals surface area (Å²) in [7, 11) is 0. The van der Waals surface area contributed by atoms with Crippen molar-refractivity contribution in [3.05, 3.63) is 6.07 Å². The quantitative estimate of drug-likeness (QED) is 0.519. The Morgan fingerprint density at radius 1 is 1.39 bits per heavy atom. The van der Waals surface area contributed by atoms with Crippen LogP contribution in [-0.4, -0.2) is 40.0 Å². The van der Waals surface area contributed by atoms with Crippen LogP contribution in [0.5, 0.6) is 0 Å². The predicted octanol–water partition coefficient (Wildman–Crippen LogP) is 1.96. The van der Waals surface area contributed by atoms with Crippen LogP contribution in [0.25, 0.3) is 0 Å². The second-order valence-electron chi connectivity index (χ2n) is 4.62. The van der Waals surface area contributed by atoms with Crippen LogP contribution in [-0.2, 0) is 0 Å².